The molecule has 0 aliphatic carbocycles. The maximum atomic E-state index is 15.3. The largest absolute Gasteiger partial charge is 0.455 e. The summed E-state index contributed by atoms with van der Waals surface area (Å²) in [5.41, 5.74) is 0.597. The lowest BCUT2D eigenvalue weighted by Gasteiger charge is -2.39. The van der Waals surface area contributed by atoms with E-state index in [0.717, 1.165) is 10.8 Å². The van der Waals surface area contributed by atoms with Gasteiger partial charge in [0.05, 0.1) is 36.6 Å². The van der Waals surface area contributed by atoms with Crippen LogP contribution in [0.15, 0.2) is 128 Å². The summed E-state index contributed by atoms with van der Waals surface area (Å²) in [7, 11) is 1.69. The minimum absolute atomic E-state index is 0.119. The molecule has 4 aromatic carbocycles. The molecule has 2 bridgehead atoms. The number of esters is 1. The highest BCUT2D eigenvalue weighted by Crippen LogP contribution is 2.60. The normalized spacial score (nSPS) is 23.9. The molecule has 56 heavy (non-hydrogen) atoms. The fraction of sp³-hybridized carbons (Fsp3) is 0.348. The molecule has 8 atom stereocenters. The number of fused-ring (bicyclic) bond motifs is 2. The number of likely N-dealkylation sites (N-methyl/N-ethyl adjacent to an activating group) is 1. The van der Waals surface area contributed by atoms with E-state index in [2.05, 4.69) is 13.2 Å². The Balaban J connectivity index is 1.28. The van der Waals surface area contributed by atoms with E-state index in [0.29, 0.717) is 36.1 Å². The van der Waals surface area contributed by atoms with Crippen molar-refractivity contribution in [3.05, 3.63) is 140 Å². The van der Waals surface area contributed by atoms with Crippen molar-refractivity contribution < 1.29 is 33.8 Å². The summed E-state index contributed by atoms with van der Waals surface area (Å²) in [4.78, 5) is 62.9. The quantitative estimate of drug-likeness (QED) is 0.108. The number of carbonyl (C=O) groups excluding carboxylic acids is 4. The number of ether oxygens (including phenoxy) is 2. The monoisotopic (exact) mass is 755 g/mol. The van der Waals surface area contributed by atoms with Crippen molar-refractivity contribution in [2.75, 3.05) is 25.1 Å². The van der Waals surface area contributed by atoms with Crippen LogP contribution in [-0.4, -0.2) is 82.6 Å². The van der Waals surface area contributed by atoms with E-state index in [1.165, 1.54) is 4.90 Å². The number of carbonyl (C=O) groups is 4. The van der Waals surface area contributed by atoms with Crippen LogP contribution < -0.4 is 4.90 Å². The molecule has 290 valence electrons. The highest BCUT2D eigenvalue weighted by Gasteiger charge is 2.76. The number of hydrogen-bond donors (Lipinski definition) is 1. The molecule has 10 nitrogen and oxygen atoms in total. The van der Waals surface area contributed by atoms with Crippen molar-refractivity contribution in [2.24, 2.45) is 11.8 Å². The summed E-state index contributed by atoms with van der Waals surface area (Å²) in [6, 6.07) is 29.3. The zero-order valence-electron chi connectivity index (χ0n) is 31.9. The van der Waals surface area contributed by atoms with E-state index in [1.807, 2.05) is 110 Å². The Morgan fingerprint density at radius 3 is 2.27 bits per heavy atom. The van der Waals surface area contributed by atoms with Crippen molar-refractivity contribution in [1.29, 1.82) is 0 Å². The molecule has 3 fully saturated rings. The maximum absolute atomic E-state index is 15.3. The Morgan fingerprint density at radius 2 is 1.61 bits per heavy atom. The second-order valence-corrected chi connectivity index (χ2v) is 15.0. The number of amides is 3. The van der Waals surface area contributed by atoms with Gasteiger partial charge in [-0.25, -0.2) is 0 Å². The van der Waals surface area contributed by atoms with Gasteiger partial charge in [0.25, 0.3) is 5.91 Å². The number of hydrogen-bond acceptors (Lipinski definition) is 7. The van der Waals surface area contributed by atoms with Gasteiger partial charge in [-0.1, -0.05) is 103 Å². The van der Waals surface area contributed by atoms with Crippen molar-refractivity contribution in [3.8, 4) is 0 Å². The molecule has 0 aromatic heterocycles. The molecule has 3 saturated heterocycles. The molecule has 1 spiro atoms. The summed E-state index contributed by atoms with van der Waals surface area (Å²) in [6.45, 7) is 9.20. The zero-order chi connectivity index (χ0) is 39.6. The van der Waals surface area contributed by atoms with E-state index in [-0.39, 0.29) is 18.9 Å². The summed E-state index contributed by atoms with van der Waals surface area (Å²) in [5.74, 6) is -3.68. The molecule has 4 aromatic rings. The van der Waals surface area contributed by atoms with Gasteiger partial charge in [-0.05, 0) is 60.2 Å². The summed E-state index contributed by atoms with van der Waals surface area (Å²) in [5, 5.41) is 12.9. The van der Waals surface area contributed by atoms with Crippen LogP contribution in [0.3, 0.4) is 0 Å². The molecular formula is C46H49N3O7. The minimum atomic E-state index is -1.37. The molecule has 10 heteroatoms. The van der Waals surface area contributed by atoms with Gasteiger partial charge in [0, 0.05) is 25.7 Å². The maximum Gasteiger partial charge on any atom is 0.313 e. The van der Waals surface area contributed by atoms with Crippen molar-refractivity contribution in [2.45, 2.75) is 68.5 Å². The third kappa shape index (κ3) is 6.81. The molecule has 3 aliphatic rings. The lowest BCUT2D eigenvalue weighted by molar-refractivity contribution is -0.165. The number of nitrogens with zero attached hydrogens (tertiary/aromatic N) is 3. The number of allylic oxidation sites excluding steroid dienone is 1. The molecule has 3 aliphatic heterocycles. The summed E-state index contributed by atoms with van der Waals surface area (Å²) < 4.78 is 13.2. The third-order valence-corrected chi connectivity index (χ3v) is 11.9. The molecule has 3 heterocycles. The first-order valence-electron chi connectivity index (χ1n) is 19.3. The Hall–Kier alpha value is -5.58. The highest BCUT2D eigenvalue weighted by molar-refractivity contribution is 6.05. The Bertz CT molecular complexity index is 2110. The van der Waals surface area contributed by atoms with Crippen LogP contribution in [0, 0.1) is 11.8 Å². The molecule has 0 unspecified atom stereocenters. The van der Waals surface area contributed by atoms with Crippen LogP contribution in [0.5, 0.6) is 0 Å². The van der Waals surface area contributed by atoms with Crippen LogP contribution in [0.1, 0.15) is 55.9 Å². The second kappa shape index (κ2) is 16.3. The summed E-state index contributed by atoms with van der Waals surface area (Å²) in [6.07, 6.45) is 3.36. The van der Waals surface area contributed by atoms with Crippen LogP contribution >= 0.6 is 0 Å². The van der Waals surface area contributed by atoms with Crippen molar-refractivity contribution >= 4 is 40.2 Å². The summed E-state index contributed by atoms with van der Waals surface area (Å²) >= 11 is 0. The molecule has 0 radical (unpaired) electrons. The topological polar surface area (TPSA) is 117 Å². The Labute approximate surface area is 328 Å². The van der Waals surface area contributed by atoms with Gasteiger partial charge in [-0.2, -0.15) is 0 Å². The van der Waals surface area contributed by atoms with E-state index in [4.69, 9.17) is 9.47 Å². The molecule has 3 amide bonds. The standard InChI is InChI=1S/C46H49N3O7/c1-5-7-22-38(51)47(4)30(3)41(33-19-12-9-13-20-33)55-45(54)39-37-25-26-46(56-37)40(39)43(52)49(36(29-50)32-17-10-8-11-18-32)42(46)44(53)48(27-6-2)35-24-23-31-16-14-15-21-34(31)28-35/h5-6,8-21,23-24,28,30,36-37,39-42,50H,1-2,7,22,25-27,29H2,3-4H3/t30-,36+,37+,39-,40-,41+,42+,46-/m0/s1. The first-order chi connectivity index (χ1) is 27.1. The van der Waals surface area contributed by atoms with Gasteiger partial charge in [-0.15, -0.1) is 13.2 Å². The average Bonchev–Trinajstić information content (AvgIpc) is 3.88. The van der Waals surface area contributed by atoms with E-state index in [9.17, 15) is 14.7 Å². The van der Waals surface area contributed by atoms with Crippen LogP contribution in [0.2, 0.25) is 0 Å². The Morgan fingerprint density at radius 1 is 0.946 bits per heavy atom. The molecule has 0 saturated carbocycles. The first-order valence-corrected chi connectivity index (χ1v) is 19.3. The third-order valence-electron chi connectivity index (χ3n) is 11.9. The lowest BCUT2D eigenvalue weighted by Crippen LogP contribution is -2.57. The number of aliphatic hydroxyl groups excluding tert-OH is 1. The Kier molecular flexibility index (Phi) is 11.2. The van der Waals surface area contributed by atoms with Gasteiger partial charge in [0.1, 0.15) is 17.7 Å². The van der Waals surface area contributed by atoms with E-state index < -0.39 is 72.2 Å². The highest BCUT2D eigenvalue weighted by atomic mass is 16.6. The average molecular weight is 756 g/mol. The smallest absolute Gasteiger partial charge is 0.313 e. The number of rotatable bonds is 15. The van der Waals surface area contributed by atoms with Crippen LogP contribution in [-0.2, 0) is 28.7 Å². The van der Waals surface area contributed by atoms with E-state index in [1.54, 1.807) is 29.0 Å². The van der Waals surface area contributed by atoms with Gasteiger partial charge in [0.2, 0.25) is 11.8 Å². The fourth-order valence-electron chi connectivity index (χ4n) is 9.07. The fourth-order valence-corrected chi connectivity index (χ4v) is 9.07. The van der Waals surface area contributed by atoms with Gasteiger partial charge >= 0.3 is 5.97 Å². The second-order valence-electron chi connectivity index (χ2n) is 15.0. The molecular weight excluding hydrogens is 707 g/mol. The predicted molar refractivity (Wildman–Crippen MR) is 214 cm³/mol. The van der Waals surface area contributed by atoms with Crippen molar-refractivity contribution in [1.82, 2.24) is 9.80 Å². The van der Waals surface area contributed by atoms with Crippen molar-refractivity contribution in [3.63, 3.8) is 0 Å². The van der Waals surface area contributed by atoms with Gasteiger partial charge in [-0.3, -0.25) is 19.2 Å². The van der Waals surface area contributed by atoms with Gasteiger partial charge < -0.3 is 29.3 Å². The number of likely N-dealkylation sites (tertiary alicyclic amines) is 1. The molecule has 7 rings (SSSR count). The van der Waals surface area contributed by atoms with Crippen LogP contribution in [0.25, 0.3) is 10.8 Å². The van der Waals surface area contributed by atoms with Gasteiger partial charge in [0.15, 0.2) is 0 Å². The first kappa shape index (κ1) is 38.7. The SMILES string of the molecule is C=CCCC(=O)N(C)[C@@H](C)[C@@H](OC(=O)[C@@H]1[C@H]2C(=O)N([C@H](CO)c3ccccc3)[C@H](C(=O)N(CC=C)c3ccc4ccccc4c3)[C@]23CC[C@H]1O3)c1ccccc1. The van der Waals surface area contributed by atoms with Crippen LogP contribution in [0.4, 0.5) is 5.69 Å². The van der Waals surface area contributed by atoms with E-state index >= 15 is 9.59 Å². The number of anilines is 1. The number of benzene rings is 4. The number of aliphatic hydroxyl groups is 1. The zero-order valence-corrected chi connectivity index (χ0v) is 31.9. The molecule has 1 N–H and O–H groups in total. The minimum Gasteiger partial charge on any atom is -0.455 e. The lowest BCUT2D eigenvalue weighted by atomic mass is 9.70. The predicted octanol–water partition coefficient (Wildman–Crippen LogP) is 6.56.